The summed E-state index contributed by atoms with van der Waals surface area (Å²) in [5.74, 6) is -10.7. The van der Waals surface area contributed by atoms with Crippen molar-refractivity contribution in [3.8, 4) is 0 Å². The fraction of sp³-hybridized carbons (Fsp3) is 0.803. The fourth-order valence-electron chi connectivity index (χ4n) is 9.77. The van der Waals surface area contributed by atoms with Gasteiger partial charge in [0.1, 0.15) is 60.4 Å². The largest absolute Gasteiger partial charge is 0.481 e. The summed E-state index contributed by atoms with van der Waals surface area (Å²) < 4.78 is 0. The van der Waals surface area contributed by atoms with Crippen LogP contribution in [0.5, 0.6) is 0 Å². The number of nitrogens with one attached hydrogen (secondary N) is 10. The van der Waals surface area contributed by atoms with Gasteiger partial charge in [0.05, 0.1) is 6.42 Å². The quantitative estimate of drug-likeness (QED) is 0.0326. The van der Waals surface area contributed by atoms with Crippen LogP contribution in [0.2, 0.25) is 0 Å². The van der Waals surface area contributed by atoms with Crippen molar-refractivity contribution in [2.45, 2.75) is 258 Å². The van der Waals surface area contributed by atoms with Gasteiger partial charge in [0.2, 0.25) is 65.0 Å². The summed E-state index contributed by atoms with van der Waals surface area (Å²) in [6, 6.07) is -13.0. The number of primary amides is 1. The average molecular weight is 1280 g/mol. The Labute approximate surface area is 533 Å². The van der Waals surface area contributed by atoms with Crippen molar-refractivity contribution >= 4 is 70.9 Å². The van der Waals surface area contributed by atoms with Crippen LogP contribution in [0.15, 0.2) is 0 Å². The minimum Gasteiger partial charge on any atom is -0.481 e. The van der Waals surface area contributed by atoms with Crippen molar-refractivity contribution in [2.75, 3.05) is 32.7 Å². The van der Waals surface area contributed by atoms with Crippen LogP contribution in [0.4, 0.5) is 0 Å². The van der Waals surface area contributed by atoms with Crippen molar-refractivity contribution < 1.29 is 62.6 Å². The Morgan fingerprint density at radius 1 is 0.311 bits per heavy atom. The lowest BCUT2D eigenvalue weighted by Crippen LogP contribution is -2.61. The molecule has 10 atom stereocenters. The molecule has 0 bridgehead atoms. The zero-order valence-corrected chi connectivity index (χ0v) is 55.3. The Morgan fingerprint density at radius 3 is 0.811 bits per heavy atom. The first kappa shape index (κ1) is 83.4. The van der Waals surface area contributed by atoms with E-state index in [1.54, 1.807) is 27.7 Å². The maximum atomic E-state index is 14.4. The van der Waals surface area contributed by atoms with Crippen molar-refractivity contribution in [2.24, 2.45) is 58.1 Å². The third-order valence-corrected chi connectivity index (χ3v) is 14.6. The van der Waals surface area contributed by atoms with E-state index < -0.39 is 132 Å². The molecule has 0 spiro atoms. The molecule has 0 saturated carbocycles. The highest BCUT2D eigenvalue weighted by molar-refractivity contribution is 5.99. The Bertz CT molecular complexity index is 2220. The van der Waals surface area contributed by atoms with E-state index >= 15 is 0 Å². The summed E-state index contributed by atoms with van der Waals surface area (Å²) in [4.78, 5) is 164. The number of unbranched alkanes of at least 4 members (excludes halogenated alkanes) is 4. The number of carboxylic acids is 1. The van der Waals surface area contributed by atoms with Crippen LogP contribution in [0, 0.1) is 23.7 Å². The van der Waals surface area contributed by atoms with Gasteiger partial charge >= 0.3 is 5.97 Å². The van der Waals surface area contributed by atoms with Gasteiger partial charge < -0.3 is 92.7 Å². The third-order valence-electron chi connectivity index (χ3n) is 14.6. The standard InChI is InChI=1S/C61H116N16O13/c1-10-11-12-13-14-25-50(78)68-40(20-15-26-62)53(82)69-43(23-18-29-65)56(85)74-48(34-39(8)9)60(89)75-46(32-37(4)5)58(87)72-44(24-19-30-66)57(86)77-49(35-51(79)80)61(90)76-47(33-38(6)7)59(88)71-41(21-16-27-63)54(83)70-42(22-17-28-64)55(84)73-45(52(67)81)31-36(2)3/h36-49H,10-35,62-66H2,1-9H3,(H2,67,81)(H,68,78)(H,69,82)(H,70,83)(H,71,88)(H,72,87)(H,73,84)(H,74,85)(H,75,89)(H,76,90)(H,77,86)(H,79,80)/t40-,41-,42-,43-,44-,45-,46-,47-,48-,49-/m0/s1. The highest BCUT2D eigenvalue weighted by Crippen LogP contribution is 2.15. The minimum atomic E-state index is -1.83. The predicted molar refractivity (Wildman–Crippen MR) is 343 cm³/mol. The van der Waals surface area contributed by atoms with Crippen LogP contribution < -0.4 is 87.6 Å². The number of aliphatic carboxylic acids is 1. The summed E-state index contributed by atoms with van der Waals surface area (Å²) in [5.41, 5.74) is 34.6. The number of hydrogen-bond donors (Lipinski definition) is 17. The summed E-state index contributed by atoms with van der Waals surface area (Å²) in [6.45, 7) is 17.2. The average Bonchev–Trinajstić information content (AvgIpc) is 1.57. The molecule has 23 N–H and O–H groups in total. The monoisotopic (exact) mass is 1280 g/mol. The van der Waals surface area contributed by atoms with E-state index in [1.165, 1.54) is 0 Å². The van der Waals surface area contributed by atoms with Crippen LogP contribution in [-0.2, 0) is 57.5 Å². The summed E-state index contributed by atoms with van der Waals surface area (Å²) in [7, 11) is 0. The van der Waals surface area contributed by atoms with Gasteiger partial charge in [-0.05, 0) is 153 Å². The summed E-state index contributed by atoms with van der Waals surface area (Å²) in [5, 5.41) is 36.5. The van der Waals surface area contributed by atoms with Gasteiger partial charge in [0.25, 0.3) is 0 Å². The van der Waals surface area contributed by atoms with Gasteiger partial charge in [-0.3, -0.25) is 57.5 Å². The first-order valence-corrected chi connectivity index (χ1v) is 32.5. The lowest BCUT2D eigenvalue weighted by Gasteiger charge is -2.29. The third kappa shape index (κ3) is 36.3. The van der Waals surface area contributed by atoms with Crippen LogP contribution >= 0.6 is 0 Å². The molecule has 0 unspecified atom stereocenters. The number of nitrogens with two attached hydrogens (primary N) is 6. The maximum absolute atomic E-state index is 14.4. The van der Waals surface area contributed by atoms with Crippen molar-refractivity contribution in [1.82, 2.24) is 53.2 Å². The van der Waals surface area contributed by atoms with E-state index in [0.717, 1.165) is 25.7 Å². The number of rotatable bonds is 51. The van der Waals surface area contributed by atoms with E-state index in [9.17, 15) is 62.6 Å². The molecule has 0 saturated heterocycles. The highest BCUT2D eigenvalue weighted by atomic mass is 16.4. The molecule has 29 nitrogen and oxygen atoms in total. The first-order chi connectivity index (χ1) is 42.5. The molecule has 0 aliphatic rings. The molecule has 90 heavy (non-hydrogen) atoms. The van der Waals surface area contributed by atoms with E-state index in [0.29, 0.717) is 25.7 Å². The van der Waals surface area contributed by atoms with Crippen LogP contribution in [0.1, 0.15) is 197 Å². The van der Waals surface area contributed by atoms with Crippen molar-refractivity contribution in [3.05, 3.63) is 0 Å². The normalized spacial score (nSPS) is 14.7. The lowest BCUT2D eigenvalue weighted by atomic mass is 9.99. The molecule has 518 valence electrons. The van der Waals surface area contributed by atoms with E-state index in [-0.39, 0.29) is 139 Å². The van der Waals surface area contributed by atoms with E-state index in [4.69, 9.17) is 34.4 Å². The topological polar surface area (TPSA) is 501 Å². The smallest absolute Gasteiger partial charge is 0.305 e. The Hall–Kier alpha value is -6.56. The maximum Gasteiger partial charge on any atom is 0.305 e. The van der Waals surface area contributed by atoms with Gasteiger partial charge in [-0.25, -0.2) is 0 Å². The molecule has 29 heteroatoms. The van der Waals surface area contributed by atoms with Gasteiger partial charge in [-0.15, -0.1) is 0 Å². The molecule has 0 heterocycles. The van der Waals surface area contributed by atoms with Gasteiger partial charge in [-0.2, -0.15) is 0 Å². The molecule has 11 amide bonds. The highest BCUT2D eigenvalue weighted by Gasteiger charge is 2.37. The summed E-state index contributed by atoms with van der Waals surface area (Å²) >= 11 is 0. The molecule has 0 aromatic carbocycles. The summed E-state index contributed by atoms with van der Waals surface area (Å²) in [6.07, 6.45) is 5.81. The SMILES string of the molecule is CCCCCCCC(=O)N[C@@H](CCCN)C(=O)N[C@@H](CCCN)C(=O)N[C@@H](CC(C)C)C(=O)N[C@@H](CC(C)C)C(=O)N[C@@H](CCCN)C(=O)N[C@@H](CC(=O)O)C(=O)N[C@@H](CC(C)C)C(=O)N[C@@H](CCCN)C(=O)N[C@@H](CCCN)C(=O)N[C@@H](CC(C)C)C(N)=O. The van der Waals surface area contributed by atoms with Crippen LogP contribution in [0.3, 0.4) is 0 Å². The second-order valence-corrected chi connectivity index (χ2v) is 25.0. The second kappa shape index (κ2) is 47.4. The van der Waals surface area contributed by atoms with Gasteiger partial charge in [0.15, 0.2) is 0 Å². The minimum absolute atomic E-state index is 0.0135. The molecule has 0 aromatic heterocycles. The van der Waals surface area contributed by atoms with E-state index in [1.807, 2.05) is 27.7 Å². The molecule has 0 aliphatic heterocycles. The number of carbonyl (C=O) groups excluding carboxylic acids is 11. The zero-order chi connectivity index (χ0) is 68.5. The Balaban J connectivity index is 6.82. The Morgan fingerprint density at radius 2 is 0.544 bits per heavy atom. The molecule has 0 fully saturated rings. The zero-order valence-electron chi connectivity index (χ0n) is 55.3. The molecule has 0 rings (SSSR count). The predicted octanol–water partition coefficient (Wildman–Crippen LogP) is -0.966. The molecule has 0 radical (unpaired) electrons. The second-order valence-electron chi connectivity index (χ2n) is 25.0. The number of carboxylic acid groups (broad SMARTS) is 1. The van der Waals surface area contributed by atoms with Crippen LogP contribution in [-0.4, -0.2) is 169 Å². The van der Waals surface area contributed by atoms with Gasteiger partial charge in [-0.1, -0.05) is 88.0 Å². The lowest BCUT2D eigenvalue weighted by molar-refractivity contribution is -0.141. The molecular formula is C61H116N16O13. The fourth-order valence-corrected chi connectivity index (χ4v) is 9.77. The molecular weight excluding hydrogens is 1160 g/mol. The van der Waals surface area contributed by atoms with E-state index in [2.05, 4.69) is 60.1 Å². The molecule has 0 aliphatic carbocycles. The van der Waals surface area contributed by atoms with Crippen molar-refractivity contribution in [3.63, 3.8) is 0 Å². The number of hydrogen-bond acceptors (Lipinski definition) is 17. The van der Waals surface area contributed by atoms with Crippen molar-refractivity contribution in [1.29, 1.82) is 0 Å². The number of carbonyl (C=O) groups is 12. The molecule has 0 aromatic rings. The first-order valence-electron chi connectivity index (χ1n) is 32.5. The van der Waals surface area contributed by atoms with Gasteiger partial charge in [0, 0.05) is 6.42 Å². The number of amides is 11. The van der Waals surface area contributed by atoms with Crippen LogP contribution in [0.25, 0.3) is 0 Å². The Kier molecular flexibility index (Phi) is 43.9.